The molecule has 6 heteroatoms. The lowest BCUT2D eigenvalue weighted by Crippen LogP contribution is -2.58. The molecule has 0 amide bonds. The number of hydrogen-bond donors (Lipinski definition) is 0. The number of nitrogens with zero attached hydrogens (tertiary/aromatic N) is 3. The Morgan fingerprint density at radius 3 is 2.59 bits per heavy atom. The summed E-state index contributed by atoms with van der Waals surface area (Å²) < 4.78 is 11.1. The van der Waals surface area contributed by atoms with E-state index < -0.39 is 0 Å². The van der Waals surface area contributed by atoms with E-state index in [4.69, 9.17) is 21.7 Å². The number of thiocarbonyl (C=S) groups is 1. The van der Waals surface area contributed by atoms with Crippen molar-refractivity contribution >= 4 is 17.3 Å². The highest BCUT2D eigenvalue weighted by Gasteiger charge is 2.43. The van der Waals surface area contributed by atoms with Gasteiger partial charge in [0, 0.05) is 45.8 Å². The lowest BCUT2D eigenvalue weighted by molar-refractivity contribution is 0.0144. The summed E-state index contributed by atoms with van der Waals surface area (Å²) in [6.45, 7) is 3.40. The minimum Gasteiger partial charge on any atom is -0.493 e. The van der Waals surface area contributed by atoms with E-state index in [1.165, 1.54) is 30.5 Å². The number of methoxy groups -OCH3 is 2. The van der Waals surface area contributed by atoms with E-state index in [0.717, 1.165) is 48.5 Å². The molecule has 1 aromatic carbocycles. The first kappa shape index (κ1) is 18.8. The molecule has 0 aromatic heterocycles. The number of hydrogen-bond acceptors (Lipinski definition) is 4. The monoisotopic (exact) mass is 389 g/mol. The van der Waals surface area contributed by atoms with Crippen LogP contribution in [0.2, 0.25) is 0 Å². The average molecular weight is 390 g/mol. The normalized spacial score (nSPS) is 27.3. The lowest BCUT2D eigenvalue weighted by Gasteiger charge is -2.53. The summed E-state index contributed by atoms with van der Waals surface area (Å²) in [5.41, 5.74) is 2.82. The Kier molecular flexibility index (Phi) is 5.21. The molecule has 27 heavy (non-hydrogen) atoms. The van der Waals surface area contributed by atoms with Crippen LogP contribution < -0.4 is 9.47 Å². The topological polar surface area (TPSA) is 28.2 Å². The van der Waals surface area contributed by atoms with Crippen molar-refractivity contribution in [3.63, 3.8) is 0 Å². The van der Waals surface area contributed by atoms with Crippen LogP contribution in [-0.4, -0.2) is 73.8 Å². The summed E-state index contributed by atoms with van der Waals surface area (Å²) >= 11 is 5.76. The second kappa shape index (κ2) is 7.47. The average Bonchev–Trinajstić information content (AvgIpc) is 2.69. The Labute approximate surface area is 168 Å². The minimum absolute atomic E-state index is 0.445. The van der Waals surface area contributed by atoms with Crippen LogP contribution in [0.1, 0.15) is 36.4 Å². The highest BCUT2D eigenvalue weighted by molar-refractivity contribution is 7.80. The van der Waals surface area contributed by atoms with Crippen molar-refractivity contribution in [2.45, 2.75) is 37.8 Å². The van der Waals surface area contributed by atoms with Crippen LogP contribution in [-0.2, 0) is 6.42 Å². The third-order valence-corrected chi connectivity index (χ3v) is 7.19. The zero-order chi connectivity index (χ0) is 19.1. The molecule has 0 saturated carbocycles. The van der Waals surface area contributed by atoms with E-state index in [9.17, 15) is 0 Å². The molecule has 2 saturated heterocycles. The third kappa shape index (κ3) is 3.27. The van der Waals surface area contributed by atoms with Gasteiger partial charge in [0.2, 0.25) is 0 Å². The van der Waals surface area contributed by atoms with Gasteiger partial charge in [-0.3, -0.25) is 4.90 Å². The lowest BCUT2D eigenvalue weighted by atomic mass is 9.76. The van der Waals surface area contributed by atoms with Crippen molar-refractivity contribution in [2.24, 2.45) is 5.92 Å². The van der Waals surface area contributed by atoms with Gasteiger partial charge in [-0.2, -0.15) is 0 Å². The fraction of sp³-hybridized carbons (Fsp3) is 0.667. The third-order valence-electron chi connectivity index (χ3n) is 6.59. The van der Waals surface area contributed by atoms with Gasteiger partial charge in [0.05, 0.1) is 14.2 Å². The quantitative estimate of drug-likeness (QED) is 0.722. The maximum absolute atomic E-state index is 5.76. The summed E-state index contributed by atoms with van der Waals surface area (Å²) in [7, 11) is 7.56. The van der Waals surface area contributed by atoms with Gasteiger partial charge >= 0.3 is 0 Å². The van der Waals surface area contributed by atoms with Crippen LogP contribution in [0.25, 0.3) is 0 Å². The van der Waals surface area contributed by atoms with Gasteiger partial charge in [0.1, 0.15) is 0 Å². The molecule has 4 rings (SSSR count). The second-order valence-electron chi connectivity index (χ2n) is 8.24. The van der Waals surface area contributed by atoms with E-state index >= 15 is 0 Å². The van der Waals surface area contributed by atoms with Gasteiger partial charge in [0.25, 0.3) is 0 Å². The van der Waals surface area contributed by atoms with Gasteiger partial charge in [-0.1, -0.05) is 0 Å². The standard InChI is InChI=1S/C21H31N3O2S/c1-22(2)21(27)24-8-5-6-15-13-23-9-7-14-10-19(25-3)20(26-4)11-16(14)18(23)12-17(15)24/h10-11,15,17-18H,5-9,12-13H2,1-4H3. The molecular weight excluding hydrogens is 358 g/mol. The molecule has 3 aliphatic rings. The van der Waals surface area contributed by atoms with E-state index in [1.807, 2.05) is 0 Å². The fourth-order valence-corrected chi connectivity index (χ4v) is 5.49. The molecule has 2 fully saturated rings. The highest BCUT2D eigenvalue weighted by Crippen LogP contribution is 2.45. The van der Waals surface area contributed by atoms with Crippen molar-refractivity contribution in [3.8, 4) is 11.5 Å². The van der Waals surface area contributed by atoms with Crippen LogP contribution in [0.15, 0.2) is 12.1 Å². The van der Waals surface area contributed by atoms with Crippen molar-refractivity contribution in [1.29, 1.82) is 0 Å². The number of ether oxygens (including phenoxy) is 2. The van der Waals surface area contributed by atoms with Gasteiger partial charge in [-0.05, 0) is 67.1 Å². The molecule has 5 nitrogen and oxygen atoms in total. The van der Waals surface area contributed by atoms with Crippen LogP contribution >= 0.6 is 12.2 Å². The van der Waals surface area contributed by atoms with Crippen molar-refractivity contribution in [2.75, 3.05) is 47.9 Å². The van der Waals surface area contributed by atoms with Crippen LogP contribution in [0.5, 0.6) is 11.5 Å². The zero-order valence-electron chi connectivity index (χ0n) is 16.9. The van der Waals surface area contributed by atoms with Crippen LogP contribution in [0.3, 0.4) is 0 Å². The molecular formula is C21H31N3O2S. The van der Waals surface area contributed by atoms with E-state index in [0.29, 0.717) is 12.1 Å². The zero-order valence-corrected chi connectivity index (χ0v) is 17.7. The number of piperidine rings is 2. The number of rotatable bonds is 2. The maximum atomic E-state index is 5.76. The SMILES string of the molecule is COc1cc2c(cc1OC)C1CC3C(CCCN3C(=S)N(C)C)CN1CC2. The fourth-order valence-electron chi connectivity index (χ4n) is 5.27. The maximum Gasteiger partial charge on any atom is 0.171 e. The Bertz CT molecular complexity index is 724. The summed E-state index contributed by atoms with van der Waals surface area (Å²) in [6.07, 6.45) is 4.79. The molecule has 0 aliphatic carbocycles. The molecule has 0 radical (unpaired) electrons. The van der Waals surface area contributed by atoms with Crippen LogP contribution in [0, 0.1) is 5.92 Å². The van der Waals surface area contributed by atoms with Gasteiger partial charge < -0.3 is 19.3 Å². The van der Waals surface area contributed by atoms with Crippen LogP contribution in [0.4, 0.5) is 0 Å². The predicted molar refractivity (Wildman–Crippen MR) is 112 cm³/mol. The van der Waals surface area contributed by atoms with Crippen molar-refractivity contribution < 1.29 is 9.47 Å². The van der Waals surface area contributed by atoms with E-state index in [2.05, 4.69) is 40.9 Å². The molecule has 0 spiro atoms. The Morgan fingerprint density at radius 1 is 1.15 bits per heavy atom. The second-order valence-corrected chi connectivity index (χ2v) is 8.61. The smallest absolute Gasteiger partial charge is 0.171 e. The number of fused-ring (bicyclic) bond motifs is 4. The molecule has 148 valence electrons. The molecule has 1 aromatic rings. The van der Waals surface area contributed by atoms with Gasteiger partial charge in [-0.25, -0.2) is 0 Å². The minimum atomic E-state index is 0.445. The van der Waals surface area contributed by atoms with Crippen molar-refractivity contribution in [1.82, 2.24) is 14.7 Å². The Balaban J connectivity index is 1.66. The molecule has 3 unspecified atom stereocenters. The summed E-state index contributed by atoms with van der Waals surface area (Å²) in [4.78, 5) is 7.28. The molecule has 3 aliphatic heterocycles. The van der Waals surface area contributed by atoms with Gasteiger partial charge in [0.15, 0.2) is 16.6 Å². The van der Waals surface area contributed by atoms with E-state index in [-0.39, 0.29) is 0 Å². The predicted octanol–water partition coefficient (Wildman–Crippen LogP) is 2.93. The molecule has 3 heterocycles. The van der Waals surface area contributed by atoms with Crippen molar-refractivity contribution in [3.05, 3.63) is 23.3 Å². The first-order chi connectivity index (χ1) is 13.0. The number of benzene rings is 1. The first-order valence-electron chi connectivity index (χ1n) is 10.00. The Hall–Kier alpha value is -1.53. The molecule has 3 atom stereocenters. The summed E-state index contributed by atoms with van der Waals surface area (Å²) in [6, 6.07) is 5.37. The number of likely N-dealkylation sites (tertiary alicyclic amines) is 1. The Morgan fingerprint density at radius 2 is 1.89 bits per heavy atom. The largest absolute Gasteiger partial charge is 0.493 e. The molecule has 0 N–H and O–H groups in total. The summed E-state index contributed by atoms with van der Waals surface area (Å²) in [5, 5.41) is 0.987. The van der Waals surface area contributed by atoms with E-state index in [1.54, 1.807) is 14.2 Å². The highest BCUT2D eigenvalue weighted by atomic mass is 32.1. The van der Waals surface area contributed by atoms with Gasteiger partial charge in [-0.15, -0.1) is 0 Å². The first-order valence-corrected chi connectivity index (χ1v) is 10.4. The summed E-state index contributed by atoms with van der Waals surface area (Å²) in [5.74, 6) is 2.39. The molecule has 0 bridgehead atoms.